The zero-order chi connectivity index (χ0) is 22.0. The highest BCUT2D eigenvalue weighted by Crippen LogP contribution is 2.30. The monoisotopic (exact) mass is 420 g/mol. The van der Waals surface area contributed by atoms with Gasteiger partial charge in [0, 0.05) is 18.1 Å². The van der Waals surface area contributed by atoms with Crippen molar-refractivity contribution in [3.8, 4) is 11.4 Å². The van der Waals surface area contributed by atoms with E-state index in [1.54, 1.807) is 16.8 Å². The van der Waals surface area contributed by atoms with Crippen molar-refractivity contribution < 1.29 is 9.13 Å². The van der Waals surface area contributed by atoms with Crippen LogP contribution in [0, 0.1) is 19.7 Å². The lowest BCUT2D eigenvalue weighted by atomic mass is 10.1. The van der Waals surface area contributed by atoms with Gasteiger partial charge in [0.1, 0.15) is 23.2 Å². The topological polar surface area (TPSA) is 90.9 Å². The van der Waals surface area contributed by atoms with Gasteiger partial charge < -0.3 is 15.8 Å². The molecule has 160 valence electrons. The number of nitrogens with one attached hydrogen (secondary N) is 1. The molecule has 4 aromatic rings. The fourth-order valence-corrected chi connectivity index (χ4v) is 3.73. The Bertz CT molecular complexity index is 1220. The molecule has 0 saturated heterocycles. The van der Waals surface area contributed by atoms with Crippen LogP contribution in [0.15, 0.2) is 48.5 Å². The molecular weight excluding hydrogens is 395 g/mol. The average Bonchev–Trinajstić information content (AvgIpc) is 3.13. The van der Waals surface area contributed by atoms with E-state index in [-0.39, 0.29) is 5.82 Å². The van der Waals surface area contributed by atoms with Crippen LogP contribution < -0.4 is 15.8 Å². The summed E-state index contributed by atoms with van der Waals surface area (Å²) < 4.78 is 22.5. The molecule has 0 amide bonds. The van der Waals surface area contributed by atoms with E-state index in [1.807, 2.05) is 51.2 Å². The average molecular weight is 420 g/mol. The molecule has 0 saturated carbocycles. The summed E-state index contributed by atoms with van der Waals surface area (Å²) in [6.45, 7) is 4.54. The molecule has 1 atom stereocenters. The first kappa shape index (κ1) is 20.7. The zero-order valence-corrected chi connectivity index (χ0v) is 17.8. The molecule has 3 N–H and O–H groups in total. The third kappa shape index (κ3) is 4.06. The van der Waals surface area contributed by atoms with Crippen LogP contribution in [0.5, 0.6) is 5.75 Å². The molecule has 0 aliphatic rings. The Labute approximate surface area is 180 Å². The van der Waals surface area contributed by atoms with Crippen molar-refractivity contribution in [3.05, 3.63) is 71.3 Å². The summed E-state index contributed by atoms with van der Waals surface area (Å²) in [6.07, 6.45) is 0.201. The van der Waals surface area contributed by atoms with E-state index < -0.39 is 6.10 Å². The third-order valence-corrected chi connectivity index (χ3v) is 5.28. The number of halogens is 1. The van der Waals surface area contributed by atoms with Crippen LogP contribution >= 0.6 is 0 Å². The van der Waals surface area contributed by atoms with Crippen LogP contribution in [0.25, 0.3) is 16.6 Å². The minimum atomic E-state index is -0.423. The van der Waals surface area contributed by atoms with E-state index in [0.717, 1.165) is 22.5 Å². The van der Waals surface area contributed by atoms with Crippen LogP contribution in [-0.2, 0) is 0 Å². The summed E-state index contributed by atoms with van der Waals surface area (Å²) in [5.74, 6) is 0.642. The highest BCUT2D eigenvalue weighted by atomic mass is 19.1. The van der Waals surface area contributed by atoms with Gasteiger partial charge in [-0.15, -0.1) is 5.10 Å². The van der Waals surface area contributed by atoms with E-state index in [9.17, 15) is 4.39 Å². The van der Waals surface area contributed by atoms with E-state index in [4.69, 9.17) is 10.5 Å². The van der Waals surface area contributed by atoms with E-state index >= 15 is 0 Å². The predicted octanol–water partition coefficient (Wildman–Crippen LogP) is 3.88. The van der Waals surface area contributed by atoms with Gasteiger partial charge in [0.25, 0.3) is 0 Å². The molecule has 8 heteroatoms. The Morgan fingerprint density at radius 2 is 1.94 bits per heavy atom. The summed E-state index contributed by atoms with van der Waals surface area (Å²) in [5.41, 5.74) is 9.63. The number of nitrogens with two attached hydrogens (primary N) is 1. The molecule has 2 heterocycles. The Balaban J connectivity index is 1.70. The number of hydrogen-bond acceptors (Lipinski definition) is 6. The van der Waals surface area contributed by atoms with Gasteiger partial charge in [-0.05, 0) is 45.6 Å². The van der Waals surface area contributed by atoms with Crippen LogP contribution in [0.1, 0.15) is 29.5 Å². The quantitative estimate of drug-likeness (QED) is 0.471. The van der Waals surface area contributed by atoms with Gasteiger partial charge in [0.2, 0.25) is 0 Å². The Kier molecular flexibility index (Phi) is 5.81. The number of nitrogen functional groups attached to an aromatic ring is 1. The normalized spacial score (nSPS) is 12.3. The molecule has 0 aliphatic heterocycles. The van der Waals surface area contributed by atoms with E-state index in [2.05, 4.69) is 20.6 Å². The van der Waals surface area contributed by atoms with E-state index in [1.165, 1.54) is 6.07 Å². The molecule has 0 bridgehead atoms. The van der Waals surface area contributed by atoms with Gasteiger partial charge in [-0.25, -0.2) is 9.07 Å². The third-order valence-electron chi connectivity index (χ3n) is 5.28. The van der Waals surface area contributed by atoms with Crippen molar-refractivity contribution in [1.29, 1.82) is 0 Å². The Hall–Kier alpha value is -3.52. The first-order valence-corrected chi connectivity index (χ1v) is 10.1. The first-order chi connectivity index (χ1) is 15.0. The lowest BCUT2D eigenvalue weighted by molar-refractivity contribution is 0.190. The first-order valence-electron chi connectivity index (χ1n) is 10.1. The summed E-state index contributed by atoms with van der Waals surface area (Å²) in [5, 5.41) is 16.7. The summed E-state index contributed by atoms with van der Waals surface area (Å²) in [7, 11) is 1.86. The fraction of sp³-hybridized carbons (Fsp3) is 0.261. The maximum Gasteiger partial charge on any atom is 0.174 e. The fourth-order valence-electron chi connectivity index (χ4n) is 3.73. The van der Waals surface area contributed by atoms with Crippen molar-refractivity contribution in [3.63, 3.8) is 0 Å². The number of anilines is 1. The van der Waals surface area contributed by atoms with Gasteiger partial charge in [0.15, 0.2) is 5.82 Å². The summed E-state index contributed by atoms with van der Waals surface area (Å²) in [4.78, 5) is 0. The second kappa shape index (κ2) is 8.69. The van der Waals surface area contributed by atoms with Crippen molar-refractivity contribution in [1.82, 2.24) is 25.3 Å². The van der Waals surface area contributed by atoms with Crippen molar-refractivity contribution in [2.24, 2.45) is 0 Å². The van der Waals surface area contributed by atoms with Gasteiger partial charge in [-0.3, -0.25) is 0 Å². The number of fused-ring (bicyclic) bond motifs is 1. The van der Waals surface area contributed by atoms with E-state index in [0.29, 0.717) is 35.6 Å². The van der Waals surface area contributed by atoms with Crippen molar-refractivity contribution in [2.75, 3.05) is 19.3 Å². The lowest BCUT2D eigenvalue weighted by Crippen LogP contribution is -2.17. The molecule has 0 spiro atoms. The highest BCUT2D eigenvalue weighted by molar-refractivity contribution is 5.91. The van der Waals surface area contributed by atoms with Gasteiger partial charge in [-0.1, -0.05) is 24.3 Å². The molecule has 0 radical (unpaired) electrons. The number of ether oxygens (including phenoxy) is 1. The number of aryl methyl sites for hydroxylation is 2. The molecule has 31 heavy (non-hydrogen) atoms. The molecule has 0 fully saturated rings. The van der Waals surface area contributed by atoms with Gasteiger partial charge in [0.05, 0.1) is 22.5 Å². The maximum absolute atomic E-state index is 14.4. The maximum atomic E-state index is 14.4. The smallest absolute Gasteiger partial charge is 0.174 e. The van der Waals surface area contributed by atoms with Crippen LogP contribution in [0.3, 0.4) is 0 Å². The van der Waals surface area contributed by atoms with Gasteiger partial charge in [-0.2, -0.15) is 10.2 Å². The second-order valence-electron chi connectivity index (χ2n) is 7.41. The zero-order valence-electron chi connectivity index (χ0n) is 17.8. The minimum absolute atomic E-state index is 0.278. The Morgan fingerprint density at radius 3 is 2.68 bits per heavy atom. The van der Waals surface area contributed by atoms with Crippen LogP contribution in [-0.4, -0.2) is 33.6 Å². The van der Waals surface area contributed by atoms with Crippen molar-refractivity contribution >= 4 is 16.7 Å². The number of hydrogen-bond donors (Lipinski definition) is 2. The molecule has 7 nitrogen and oxygen atoms in total. The molecule has 2 aromatic heterocycles. The number of benzene rings is 2. The molecule has 0 aliphatic carbocycles. The largest absolute Gasteiger partial charge is 0.486 e. The minimum Gasteiger partial charge on any atom is -0.486 e. The number of rotatable bonds is 7. The molecule has 1 unspecified atom stereocenters. The standard InChI is InChI=1S/C23H25FN6O/c1-14-21-15(2)30(29-22(21)23(25)28-27-14)16-7-6-8-17(13-16)31-20(11-12-26-3)18-9-4-5-10-19(18)24/h4-10,13,20,26H,11-12H2,1-3H3,(H2,25,28). The summed E-state index contributed by atoms with van der Waals surface area (Å²) >= 11 is 0. The lowest BCUT2D eigenvalue weighted by Gasteiger charge is -2.20. The van der Waals surface area contributed by atoms with Crippen LogP contribution in [0.4, 0.5) is 10.2 Å². The highest BCUT2D eigenvalue weighted by Gasteiger charge is 2.19. The SMILES string of the molecule is CNCCC(Oc1cccc(-n2nc3c(N)nnc(C)c3c2C)c1)c1ccccc1F. The number of nitrogens with zero attached hydrogens (tertiary/aromatic N) is 4. The molecule has 2 aromatic carbocycles. The second-order valence-corrected chi connectivity index (χ2v) is 7.41. The van der Waals surface area contributed by atoms with Gasteiger partial charge >= 0.3 is 0 Å². The molecular formula is C23H25FN6O. The van der Waals surface area contributed by atoms with Crippen LogP contribution in [0.2, 0.25) is 0 Å². The van der Waals surface area contributed by atoms with Crippen molar-refractivity contribution in [2.45, 2.75) is 26.4 Å². The predicted molar refractivity (Wildman–Crippen MR) is 119 cm³/mol. The molecule has 4 rings (SSSR count). The number of aromatic nitrogens is 4. The Morgan fingerprint density at radius 1 is 1.13 bits per heavy atom. The summed E-state index contributed by atoms with van der Waals surface area (Å²) in [6, 6.07) is 14.3.